The Morgan fingerprint density at radius 2 is 2.00 bits per heavy atom. The van der Waals surface area contributed by atoms with Crippen molar-refractivity contribution in [2.45, 2.75) is 47.6 Å². The summed E-state index contributed by atoms with van der Waals surface area (Å²) in [5.41, 5.74) is -0.935. The first-order valence-electron chi connectivity index (χ1n) is 9.17. The monoisotopic (exact) mass is 439 g/mol. The Balaban J connectivity index is 1.84. The third-order valence-corrected chi connectivity index (χ3v) is 6.90. The van der Waals surface area contributed by atoms with Gasteiger partial charge in [-0.2, -0.15) is 4.98 Å². The number of nitrogens with zero attached hydrogens (tertiary/aromatic N) is 2. The highest BCUT2D eigenvalue weighted by atomic mass is 35.5. The van der Waals surface area contributed by atoms with Crippen molar-refractivity contribution in [3.05, 3.63) is 41.0 Å². The lowest BCUT2D eigenvalue weighted by Crippen LogP contribution is -2.44. The third kappa shape index (κ3) is 4.85. The van der Waals surface area contributed by atoms with Gasteiger partial charge in [0, 0.05) is 12.7 Å². The van der Waals surface area contributed by atoms with E-state index < -0.39 is 21.3 Å². The minimum atomic E-state index is -4.01. The topological polar surface area (TPSA) is 118 Å². The molecule has 0 radical (unpaired) electrons. The number of hydrogen-bond donors (Lipinski definition) is 2. The molecule has 156 valence electrons. The van der Waals surface area contributed by atoms with Crippen LogP contribution >= 0.6 is 11.6 Å². The molecular formula is C19H22ClN3O5S. The number of aliphatic hydroxyl groups is 1. The van der Waals surface area contributed by atoms with Gasteiger partial charge in [0.15, 0.2) is 5.03 Å². The van der Waals surface area contributed by atoms with Crippen LogP contribution in [0.4, 0.5) is 0 Å². The Bertz CT molecular complexity index is 1010. The summed E-state index contributed by atoms with van der Waals surface area (Å²) >= 11 is 6.13. The molecule has 1 aliphatic rings. The first-order valence-corrected chi connectivity index (χ1v) is 11.0. The number of nitrogens with one attached hydrogen (secondary N) is 1. The van der Waals surface area contributed by atoms with Crippen LogP contribution in [0.25, 0.3) is 0 Å². The summed E-state index contributed by atoms with van der Waals surface area (Å²) in [4.78, 5) is 20.1. The van der Waals surface area contributed by atoms with Crippen LogP contribution in [0.3, 0.4) is 0 Å². The molecule has 0 spiro atoms. The fourth-order valence-electron chi connectivity index (χ4n) is 3.27. The van der Waals surface area contributed by atoms with E-state index in [-0.39, 0.29) is 33.1 Å². The molecule has 0 bridgehead atoms. The van der Waals surface area contributed by atoms with Crippen LogP contribution in [0, 0.1) is 0 Å². The van der Waals surface area contributed by atoms with Crippen molar-refractivity contribution in [1.82, 2.24) is 15.3 Å². The number of rotatable bonds is 6. The van der Waals surface area contributed by atoms with Gasteiger partial charge >= 0.3 is 6.01 Å². The molecule has 0 aliphatic heterocycles. The van der Waals surface area contributed by atoms with Crippen molar-refractivity contribution >= 4 is 27.3 Å². The Morgan fingerprint density at radius 1 is 1.28 bits per heavy atom. The van der Waals surface area contributed by atoms with Crippen LogP contribution in [-0.4, -0.2) is 48.7 Å². The van der Waals surface area contributed by atoms with E-state index in [0.29, 0.717) is 12.8 Å². The van der Waals surface area contributed by atoms with E-state index in [2.05, 4.69) is 15.3 Å². The molecule has 1 aromatic carbocycles. The lowest BCUT2D eigenvalue weighted by atomic mass is 9.85. The predicted octanol–water partition coefficient (Wildman–Crippen LogP) is 2.40. The fraction of sp³-hybridized carbons (Fsp3) is 0.421. The van der Waals surface area contributed by atoms with Gasteiger partial charge in [-0.3, -0.25) is 4.79 Å². The minimum absolute atomic E-state index is 0.00757. The quantitative estimate of drug-likeness (QED) is 0.663. The summed E-state index contributed by atoms with van der Waals surface area (Å²) in [6.45, 7) is 0.0856. The summed E-state index contributed by atoms with van der Waals surface area (Å²) in [6.07, 6.45) is 5.38. The molecule has 1 fully saturated rings. The second kappa shape index (κ2) is 8.64. The Morgan fingerprint density at radius 3 is 2.69 bits per heavy atom. The Hall–Kier alpha value is -2.23. The maximum atomic E-state index is 12.9. The zero-order valence-electron chi connectivity index (χ0n) is 15.9. The standard InChI is InChI=1S/C19H22ClN3O5S/c1-28-18-21-10-7-16(23-18)29(26,27)13-5-6-15(20)14(11-13)17(24)22-12-19(25)8-3-2-4-9-19/h5-7,10-11,25H,2-4,8-9,12H2,1H3,(H,22,24). The maximum Gasteiger partial charge on any atom is 0.317 e. The highest BCUT2D eigenvalue weighted by molar-refractivity contribution is 7.91. The van der Waals surface area contributed by atoms with E-state index in [0.717, 1.165) is 19.3 Å². The Kier molecular flexibility index (Phi) is 6.40. The van der Waals surface area contributed by atoms with Gasteiger partial charge in [0.05, 0.1) is 28.2 Å². The van der Waals surface area contributed by atoms with Crippen molar-refractivity contribution < 1.29 is 23.1 Å². The van der Waals surface area contributed by atoms with Gasteiger partial charge in [-0.05, 0) is 37.1 Å². The number of carbonyl (C=O) groups is 1. The van der Waals surface area contributed by atoms with E-state index in [4.69, 9.17) is 16.3 Å². The number of amides is 1. The van der Waals surface area contributed by atoms with E-state index in [9.17, 15) is 18.3 Å². The highest BCUT2D eigenvalue weighted by Gasteiger charge is 2.30. The van der Waals surface area contributed by atoms with Crippen LogP contribution in [-0.2, 0) is 9.84 Å². The Labute approximate surface area is 174 Å². The molecule has 0 saturated heterocycles. The summed E-state index contributed by atoms with van der Waals surface area (Å²) < 4.78 is 30.6. The molecule has 2 N–H and O–H groups in total. The third-order valence-electron chi connectivity index (χ3n) is 4.92. The molecule has 3 rings (SSSR count). The van der Waals surface area contributed by atoms with Gasteiger partial charge in [0.2, 0.25) is 9.84 Å². The molecule has 8 nitrogen and oxygen atoms in total. The minimum Gasteiger partial charge on any atom is -0.467 e. The second-order valence-corrected chi connectivity index (χ2v) is 9.30. The average Bonchev–Trinajstić information content (AvgIpc) is 2.73. The van der Waals surface area contributed by atoms with Crippen molar-refractivity contribution in [3.63, 3.8) is 0 Å². The van der Waals surface area contributed by atoms with E-state index in [1.165, 1.54) is 37.6 Å². The summed E-state index contributed by atoms with van der Waals surface area (Å²) in [7, 11) is -2.68. The number of carbonyl (C=O) groups excluding carboxylic acids is 1. The van der Waals surface area contributed by atoms with Gasteiger partial charge < -0.3 is 15.2 Å². The van der Waals surface area contributed by atoms with Gasteiger partial charge in [-0.25, -0.2) is 13.4 Å². The van der Waals surface area contributed by atoms with Crippen LogP contribution in [0.1, 0.15) is 42.5 Å². The number of sulfone groups is 1. The van der Waals surface area contributed by atoms with Gasteiger partial charge in [-0.15, -0.1) is 0 Å². The molecule has 2 aromatic rings. The van der Waals surface area contributed by atoms with Crippen molar-refractivity contribution in [3.8, 4) is 6.01 Å². The molecule has 29 heavy (non-hydrogen) atoms. The SMILES string of the molecule is COc1nccc(S(=O)(=O)c2ccc(Cl)c(C(=O)NCC3(O)CCCCC3)c2)n1. The van der Waals surface area contributed by atoms with Crippen LogP contribution in [0.5, 0.6) is 6.01 Å². The lowest BCUT2D eigenvalue weighted by molar-refractivity contribution is 0.00525. The maximum absolute atomic E-state index is 12.9. The molecule has 1 aliphatic carbocycles. The molecule has 0 atom stereocenters. The average molecular weight is 440 g/mol. The summed E-state index contributed by atoms with van der Waals surface area (Å²) in [6, 6.07) is 5.00. The van der Waals surface area contributed by atoms with Crippen LogP contribution in [0.15, 0.2) is 40.4 Å². The summed E-state index contributed by atoms with van der Waals surface area (Å²) in [5.74, 6) is -0.550. The molecule has 1 heterocycles. The molecule has 1 saturated carbocycles. The zero-order valence-corrected chi connectivity index (χ0v) is 17.5. The van der Waals surface area contributed by atoms with Gasteiger partial charge in [0.25, 0.3) is 5.91 Å². The van der Waals surface area contributed by atoms with Crippen LogP contribution < -0.4 is 10.1 Å². The van der Waals surface area contributed by atoms with E-state index in [1.54, 1.807) is 0 Å². The van der Waals surface area contributed by atoms with Gasteiger partial charge in [0.1, 0.15) is 0 Å². The number of ether oxygens (including phenoxy) is 1. The van der Waals surface area contributed by atoms with Crippen molar-refractivity contribution in [2.24, 2.45) is 0 Å². The molecule has 1 amide bonds. The molecular weight excluding hydrogens is 418 g/mol. The number of halogens is 1. The van der Waals surface area contributed by atoms with E-state index in [1.807, 2.05) is 0 Å². The van der Waals surface area contributed by atoms with Crippen molar-refractivity contribution in [1.29, 1.82) is 0 Å². The van der Waals surface area contributed by atoms with Crippen LogP contribution in [0.2, 0.25) is 5.02 Å². The normalized spacial score (nSPS) is 16.2. The van der Waals surface area contributed by atoms with E-state index >= 15 is 0 Å². The first kappa shape index (κ1) is 21.5. The number of methoxy groups -OCH3 is 1. The number of aromatic nitrogens is 2. The lowest BCUT2D eigenvalue weighted by Gasteiger charge is -2.32. The molecule has 1 aromatic heterocycles. The number of hydrogen-bond acceptors (Lipinski definition) is 7. The fourth-order valence-corrected chi connectivity index (χ4v) is 4.67. The smallest absolute Gasteiger partial charge is 0.317 e. The second-order valence-electron chi connectivity index (χ2n) is 6.99. The predicted molar refractivity (Wildman–Crippen MR) is 106 cm³/mol. The summed E-state index contributed by atoms with van der Waals surface area (Å²) in [5, 5.41) is 13.1. The molecule has 10 heteroatoms. The highest BCUT2D eigenvalue weighted by Crippen LogP contribution is 2.28. The largest absolute Gasteiger partial charge is 0.467 e. The zero-order chi connectivity index (χ0) is 21.1. The van der Waals surface area contributed by atoms with Gasteiger partial charge in [-0.1, -0.05) is 30.9 Å². The van der Waals surface area contributed by atoms with Crippen molar-refractivity contribution in [2.75, 3.05) is 13.7 Å². The first-order chi connectivity index (χ1) is 13.7. The number of benzene rings is 1. The molecule has 0 unspecified atom stereocenters.